The number of ether oxygens (including phenoxy) is 2. The van der Waals surface area contributed by atoms with Crippen LogP contribution >= 0.6 is 0 Å². The third-order valence-corrected chi connectivity index (χ3v) is 2.20. The number of halogens is 2. The van der Waals surface area contributed by atoms with Gasteiger partial charge in [0.25, 0.3) is 5.88 Å². The van der Waals surface area contributed by atoms with Crippen LogP contribution in [0.4, 0.5) is 14.5 Å². The monoisotopic (exact) mass is 252 g/mol. The maximum atomic E-state index is 13.3. The predicted octanol–water partition coefficient (Wildman–Crippen LogP) is 2.74. The molecule has 2 aromatic rings. The van der Waals surface area contributed by atoms with E-state index in [0.29, 0.717) is 11.8 Å². The van der Waals surface area contributed by atoms with Gasteiger partial charge < -0.3 is 15.2 Å². The molecular formula is C12H10F2N2O2. The number of anilines is 1. The molecule has 0 saturated carbocycles. The summed E-state index contributed by atoms with van der Waals surface area (Å²) in [6.07, 6.45) is 0.859. The molecule has 0 spiro atoms. The van der Waals surface area contributed by atoms with Gasteiger partial charge in [0, 0.05) is 12.1 Å². The summed E-state index contributed by atoms with van der Waals surface area (Å²) in [7, 11) is 1.50. The molecule has 18 heavy (non-hydrogen) atoms. The van der Waals surface area contributed by atoms with E-state index in [9.17, 15) is 8.78 Å². The summed E-state index contributed by atoms with van der Waals surface area (Å²) < 4.78 is 36.1. The zero-order chi connectivity index (χ0) is 13.1. The van der Waals surface area contributed by atoms with E-state index >= 15 is 0 Å². The molecule has 4 nitrogen and oxygen atoms in total. The van der Waals surface area contributed by atoms with Crippen molar-refractivity contribution in [3.63, 3.8) is 0 Å². The highest BCUT2D eigenvalue weighted by atomic mass is 19.1. The summed E-state index contributed by atoms with van der Waals surface area (Å²) in [5.74, 6) is -1.25. The van der Waals surface area contributed by atoms with Crippen molar-refractivity contribution in [3.8, 4) is 17.4 Å². The highest BCUT2D eigenvalue weighted by molar-refractivity contribution is 5.57. The zero-order valence-corrected chi connectivity index (χ0v) is 9.48. The Balaban J connectivity index is 2.28. The molecule has 1 aromatic heterocycles. The lowest BCUT2D eigenvalue weighted by molar-refractivity contribution is 0.407. The van der Waals surface area contributed by atoms with Gasteiger partial charge >= 0.3 is 0 Å². The first-order valence-electron chi connectivity index (χ1n) is 5.02. The van der Waals surface area contributed by atoms with Gasteiger partial charge in [-0.1, -0.05) is 0 Å². The molecule has 1 heterocycles. The molecule has 2 rings (SSSR count). The van der Waals surface area contributed by atoms with E-state index in [1.807, 2.05) is 0 Å². The van der Waals surface area contributed by atoms with Gasteiger partial charge in [-0.3, -0.25) is 0 Å². The van der Waals surface area contributed by atoms with Crippen molar-refractivity contribution in [2.45, 2.75) is 0 Å². The Kier molecular flexibility index (Phi) is 3.27. The third kappa shape index (κ3) is 2.48. The number of nitrogens with two attached hydrogens (primary N) is 1. The van der Waals surface area contributed by atoms with Crippen LogP contribution in [0.25, 0.3) is 0 Å². The molecule has 0 saturated heterocycles. The second-order valence-electron chi connectivity index (χ2n) is 3.45. The fraction of sp³-hybridized carbons (Fsp3) is 0.0833. The lowest BCUT2D eigenvalue weighted by Crippen LogP contribution is -1.97. The van der Waals surface area contributed by atoms with E-state index in [1.54, 1.807) is 6.07 Å². The number of benzene rings is 1. The minimum atomic E-state index is -0.898. The van der Waals surface area contributed by atoms with Gasteiger partial charge in [-0.15, -0.1) is 0 Å². The van der Waals surface area contributed by atoms with E-state index in [0.717, 1.165) is 6.20 Å². The largest absolute Gasteiger partial charge is 0.497 e. The molecule has 0 radical (unpaired) electrons. The van der Waals surface area contributed by atoms with Crippen molar-refractivity contribution in [2.75, 3.05) is 12.8 Å². The second kappa shape index (κ2) is 4.87. The smallest absolute Gasteiger partial charge is 0.256 e. The molecule has 0 aliphatic rings. The zero-order valence-electron chi connectivity index (χ0n) is 9.48. The Morgan fingerprint density at radius 3 is 2.61 bits per heavy atom. The van der Waals surface area contributed by atoms with Crippen LogP contribution in [0.1, 0.15) is 0 Å². The quantitative estimate of drug-likeness (QED) is 0.853. The molecule has 0 aliphatic heterocycles. The average Bonchev–Trinajstić information content (AvgIpc) is 2.34. The molecule has 0 amide bonds. The SMILES string of the molecule is COc1ccc(Oc2ncc(F)cc2F)c(N)c1. The normalized spacial score (nSPS) is 10.2. The summed E-state index contributed by atoms with van der Waals surface area (Å²) in [6.45, 7) is 0. The van der Waals surface area contributed by atoms with Crippen molar-refractivity contribution in [2.24, 2.45) is 0 Å². The van der Waals surface area contributed by atoms with Crippen molar-refractivity contribution >= 4 is 5.69 Å². The number of hydrogen-bond acceptors (Lipinski definition) is 4. The van der Waals surface area contributed by atoms with Gasteiger partial charge in [0.2, 0.25) is 0 Å². The van der Waals surface area contributed by atoms with Crippen molar-refractivity contribution in [3.05, 3.63) is 42.1 Å². The van der Waals surface area contributed by atoms with E-state index in [-0.39, 0.29) is 17.3 Å². The van der Waals surface area contributed by atoms with Gasteiger partial charge in [0.05, 0.1) is 19.0 Å². The standard InChI is InChI=1S/C12H10F2N2O2/c1-17-8-2-3-11(10(15)5-8)18-12-9(14)4-7(13)6-16-12/h2-6H,15H2,1H3. The molecule has 0 bridgehead atoms. The van der Waals surface area contributed by atoms with Gasteiger partial charge in [-0.2, -0.15) is 0 Å². The van der Waals surface area contributed by atoms with Crippen molar-refractivity contribution in [1.82, 2.24) is 4.98 Å². The molecule has 0 fully saturated rings. The van der Waals surface area contributed by atoms with Crippen molar-refractivity contribution in [1.29, 1.82) is 0 Å². The van der Waals surface area contributed by atoms with E-state index in [1.165, 1.54) is 19.2 Å². The van der Waals surface area contributed by atoms with Gasteiger partial charge in [-0.05, 0) is 12.1 Å². The highest BCUT2D eigenvalue weighted by Crippen LogP contribution is 2.30. The molecule has 94 valence electrons. The highest BCUT2D eigenvalue weighted by Gasteiger charge is 2.10. The van der Waals surface area contributed by atoms with Crippen LogP contribution in [0.15, 0.2) is 30.5 Å². The molecule has 0 aliphatic carbocycles. The fourth-order valence-corrected chi connectivity index (χ4v) is 1.33. The minimum Gasteiger partial charge on any atom is -0.497 e. The lowest BCUT2D eigenvalue weighted by atomic mass is 10.3. The van der Waals surface area contributed by atoms with Crippen LogP contribution in [0, 0.1) is 11.6 Å². The van der Waals surface area contributed by atoms with Crippen LogP contribution in [-0.2, 0) is 0 Å². The number of nitrogen functional groups attached to an aromatic ring is 1. The number of methoxy groups -OCH3 is 1. The van der Waals surface area contributed by atoms with E-state index in [2.05, 4.69) is 4.98 Å². The third-order valence-electron chi connectivity index (χ3n) is 2.20. The average molecular weight is 252 g/mol. The minimum absolute atomic E-state index is 0.216. The first kappa shape index (κ1) is 12.1. The Bertz CT molecular complexity index is 576. The molecule has 6 heteroatoms. The first-order chi connectivity index (χ1) is 8.60. The molecule has 1 aromatic carbocycles. The molecular weight excluding hydrogens is 242 g/mol. The Morgan fingerprint density at radius 1 is 1.22 bits per heavy atom. The van der Waals surface area contributed by atoms with E-state index < -0.39 is 11.6 Å². The predicted molar refractivity (Wildman–Crippen MR) is 61.6 cm³/mol. The van der Waals surface area contributed by atoms with Crippen molar-refractivity contribution < 1.29 is 18.3 Å². The summed E-state index contributed by atoms with van der Waals surface area (Å²) in [4.78, 5) is 3.50. The summed E-state index contributed by atoms with van der Waals surface area (Å²) in [5, 5.41) is 0. The topological polar surface area (TPSA) is 57.4 Å². The van der Waals surface area contributed by atoms with Crippen LogP contribution in [0.2, 0.25) is 0 Å². The van der Waals surface area contributed by atoms with Gasteiger partial charge in [0.15, 0.2) is 11.6 Å². The van der Waals surface area contributed by atoms with Crippen LogP contribution in [0.3, 0.4) is 0 Å². The maximum absolute atomic E-state index is 13.3. The molecule has 0 atom stereocenters. The lowest BCUT2D eigenvalue weighted by Gasteiger charge is -2.09. The van der Waals surface area contributed by atoms with Crippen LogP contribution in [-0.4, -0.2) is 12.1 Å². The Morgan fingerprint density at radius 2 is 2.00 bits per heavy atom. The number of rotatable bonds is 3. The number of aromatic nitrogens is 1. The molecule has 2 N–H and O–H groups in total. The summed E-state index contributed by atoms with van der Waals surface area (Å²) in [5.41, 5.74) is 5.96. The molecule has 0 unspecified atom stereocenters. The summed E-state index contributed by atoms with van der Waals surface area (Å²) >= 11 is 0. The van der Waals surface area contributed by atoms with E-state index in [4.69, 9.17) is 15.2 Å². The number of hydrogen-bond donors (Lipinski definition) is 1. The Hall–Kier alpha value is -2.37. The maximum Gasteiger partial charge on any atom is 0.256 e. The van der Waals surface area contributed by atoms with Crippen LogP contribution in [0.5, 0.6) is 17.4 Å². The second-order valence-corrected chi connectivity index (χ2v) is 3.45. The Labute approximate surface area is 102 Å². The first-order valence-corrected chi connectivity index (χ1v) is 5.02. The van der Waals surface area contributed by atoms with Gasteiger partial charge in [-0.25, -0.2) is 13.8 Å². The number of nitrogens with zero attached hydrogens (tertiary/aromatic N) is 1. The van der Waals surface area contributed by atoms with Crippen LogP contribution < -0.4 is 15.2 Å². The summed E-state index contributed by atoms with van der Waals surface area (Å²) in [6, 6.07) is 5.32. The fourth-order valence-electron chi connectivity index (χ4n) is 1.33. The van der Waals surface area contributed by atoms with Gasteiger partial charge in [0.1, 0.15) is 11.6 Å². The number of pyridine rings is 1.